The summed E-state index contributed by atoms with van der Waals surface area (Å²) in [5.74, 6) is -1.05. The molecular weight excluding hydrogens is 287 g/mol. The second kappa shape index (κ2) is 6.12. The van der Waals surface area contributed by atoms with Gasteiger partial charge in [0.2, 0.25) is 0 Å². The standard InChI is InChI=1S/C11H11F5N2O2/c1-2-20-10(19)5-3-6(9(12)13)8(11(14,15)16)18-7(5)4-17/h3,9H,2,4,17H2,1H3. The molecule has 1 aromatic rings. The number of ether oxygens (including phenoxy) is 1. The number of esters is 1. The quantitative estimate of drug-likeness (QED) is 0.685. The highest BCUT2D eigenvalue weighted by molar-refractivity contribution is 5.91. The number of nitrogens with two attached hydrogens (primary N) is 1. The van der Waals surface area contributed by atoms with E-state index in [4.69, 9.17) is 5.73 Å². The van der Waals surface area contributed by atoms with Gasteiger partial charge in [-0.05, 0) is 13.0 Å². The molecule has 0 spiro atoms. The molecule has 0 aliphatic heterocycles. The molecule has 0 aromatic carbocycles. The van der Waals surface area contributed by atoms with E-state index in [1.165, 1.54) is 6.92 Å². The van der Waals surface area contributed by atoms with Crippen LogP contribution in [0.25, 0.3) is 0 Å². The topological polar surface area (TPSA) is 65.2 Å². The summed E-state index contributed by atoms with van der Waals surface area (Å²) in [5.41, 5.74) is 1.14. The summed E-state index contributed by atoms with van der Waals surface area (Å²) in [6.07, 6.45) is -8.50. The molecule has 0 radical (unpaired) electrons. The second-order valence-electron chi connectivity index (χ2n) is 3.64. The van der Waals surface area contributed by atoms with Gasteiger partial charge in [-0.2, -0.15) is 13.2 Å². The van der Waals surface area contributed by atoms with E-state index in [0.29, 0.717) is 6.07 Å². The Bertz CT molecular complexity index is 502. The molecule has 0 saturated carbocycles. The van der Waals surface area contributed by atoms with Crippen LogP contribution >= 0.6 is 0 Å². The smallest absolute Gasteiger partial charge is 0.433 e. The molecule has 0 aliphatic rings. The third-order valence-electron chi connectivity index (χ3n) is 2.32. The third kappa shape index (κ3) is 3.41. The van der Waals surface area contributed by atoms with Crippen molar-refractivity contribution in [3.05, 3.63) is 28.6 Å². The maximum Gasteiger partial charge on any atom is 0.433 e. The molecule has 0 atom stereocenters. The number of hydrogen-bond acceptors (Lipinski definition) is 4. The average molecular weight is 298 g/mol. The van der Waals surface area contributed by atoms with Gasteiger partial charge in [-0.3, -0.25) is 0 Å². The molecule has 0 bridgehead atoms. The van der Waals surface area contributed by atoms with Gasteiger partial charge in [0.05, 0.1) is 17.9 Å². The molecule has 0 fully saturated rings. The maximum absolute atomic E-state index is 12.7. The van der Waals surface area contributed by atoms with Gasteiger partial charge in [-0.1, -0.05) is 0 Å². The van der Waals surface area contributed by atoms with Crippen LogP contribution in [0.1, 0.15) is 40.7 Å². The first-order valence-electron chi connectivity index (χ1n) is 5.48. The fraction of sp³-hybridized carbons (Fsp3) is 0.455. The zero-order valence-electron chi connectivity index (χ0n) is 10.3. The lowest BCUT2D eigenvalue weighted by atomic mass is 10.1. The Morgan fingerprint density at radius 3 is 2.45 bits per heavy atom. The highest BCUT2D eigenvalue weighted by atomic mass is 19.4. The van der Waals surface area contributed by atoms with Gasteiger partial charge in [0, 0.05) is 12.1 Å². The Morgan fingerprint density at radius 2 is 2.05 bits per heavy atom. The van der Waals surface area contributed by atoms with E-state index in [2.05, 4.69) is 9.72 Å². The number of nitrogens with zero attached hydrogens (tertiary/aromatic N) is 1. The minimum absolute atomic E-state index is 0.0616. The van der Waals surface area contributed by atoms with Crippen LogP contribution in [-0.4, -0.2) is 17.6 Å². The van der Waals surface area contributed by atoms with Crippen LogP contribution in [0, 0.1) is 0 Å². The Labute approximate surface area is 110 Å². The molecule has 2 N–H and O–H groups in total. The minimum atomic E-state index is -5.07. The Hall–Kier alpha value is -1.77. The molecule has 1 rings (SSSR count). The van der Waals surface area contributed by atoms with Gasteiger partial charge < -0.3 is 10.5 Å². The number of carbonyl (C=O) groups excluding carboxylic acids is 1. The minimum Gasteiger partial charge on any atom is -0.462 e. The number of rotatable bonds is 4. The zero-order chi connectivity index (χ0) is 15.5. The molecule has 4 nitrogen and oxygen atoms in total. The first-order chi connectivity index (χ1) is 9.22. The molecule has 0 saturated heterocycles. The first-order valence-corrected chi connectivity index (χ1v) is 5.48. The summed E-state index contributed by atoms with van der Waals surface area (Å²) in [6, 6.07) is 0.431. The summed E-state index contributed by atoms with van der Waals surface area (Å²) >= 11 is 0. The maximum atomic E-state index is 12.7. The number of pyridine rings is 1. The van der Waals surface area contributed by atoms with Crippen molar-refractivity contribution in [1.29, 1.82) is 0 Å². The lowest BCUT2D eigenvalue weighted by Crippen LogP contribution is -2.20. The Morgan fingerprint density at radius 1 is 1.45 bits per heavy atom. The summed E-state index contributed by atoms with van der Waals surface area (Å²) in [5, 5.41) is 0. The van der Waals surface area contributed by atoms with E-state index >= 15 is 0 Å². The summed E-state index contributed by atoms with van der Waals surface area (Å²) in [7, 11) is 0. The second-order valence-corrected chi connectivity index (χ2v) is 3.64. The van der Waals surface area contributed by atoms with Crippen LogP contribution < -0.4 is 5.73 Å². The van der Waals surface area contributed by atoms with Gasteiger partial charge in [0.1, 0.15) is 0 Å². The lowest BCUT2D eigenvalue weighted by molar-refractivity contribution is -0.143. The molecule has 0 unspecified atom stereocenters. The Kier molecular flexibility index (Phi) is 4.98. The van der Waals surface area contributed by atoms with Crippen molar-refractivity contribution < 1.29 is 31.5 Å². The molecule has 112 valence electrons. The van der Waals surface area contributed by atoms with E-state index < -0.39 is 47.6 Å². The van der Waals surface area contributed by atoms with E-state index in [9.17, 15) is 26.7 Å². The number of carbonyl (C=O) groups is 1. The highest BCUT2D eigenvalue weighted by Gasteiger charge is 2.39. The van der Waals surface area contributed by atoms with Gasteiger partial charge in [-0.15, -0.1) is 0 Å². The van der Waals surface area contributed by atoms with Crippen molar-refractivity contribution in [2.75, 3.05) is 6.61 Å². The molecular formula is C11H11F5N2O2. The van der Waals surface area contributed by atoms with Gasteiger partial charge in [0.15, 0.2) is 5.69 Å². The SMILES string of the molecule is CCOC(=O)c1cc(C(F)F)c(C(F)(F)F)nc1CN. The molecule has 9 heteroatoms. The predicted octanol–water partition coefficient (Wildman–Crippen LogP) is 2.67. The average Bonchev–Trinajstić information content (AvgIpc) is 2.36. The van der Waals surface area contributed by atoms with Crippen LogP contribution in [0.4, 0.5) is 22.0 Å². The van der Waals surface area contributed by atoms with E-state index in [0.717, 1.165) is 0 Å². The van der Waals surface area contributed by atoms with Crippen molar-refractivity contribution in [3.8, 4) is 0 Å². The van der Waals surface area contributed by atoms with Gasteiger partial charge >= 0.3 is 12.1 Å². The van der Waals surface area contributed by atoms with E-state index in [-0.39, 0.29) is 6.61 Å². The number of alkyl halides is 5. The molecule has 1 heterocycles. The predicted molar refractivity (Wildman–Crippen MR) is 58.0 cm³/mol. The van der Waals surface area contributed by atoms with Crippen molar-refractivity contribution in [2.45, 2.75) is 26.1 Å². The van der Waals surface area contributed by atoms with Gasteiger partial charge in [0.25, 0.3) is 6.43 Å². The summed E-state index contributed by atoms with van der Waals surface area (Å²) < 4.78 is 67.9. The largest absolute Gasteiger partial charge is 0.462 e. The highest BCUT2D eigenvalue weighted by Crippen LogP contribution is 2.36. The molecule has 0 amide bonds. The number of hydrogen-bond donors (Lipinski definition) is 1. The van der Waals surface area contributed by atoms with Gasteiger partial charge in [-0.25, -0.2) is 18.6 Å². The lowest BCUT2D eigenvalue weighted by Gasteiger charge is -2.15. The molecule has 1 aromatic heterocycles. The van der Waals surface area contributed by atoms with Crippen LogP contribution in [-0.2, 0) is 17.5 Å². The Balaban J connectivity index is 3.49. The molecule has 20 heavy (non-hydrogen) atoms. The van der Waals surface area contributed by atoms with Crippen molar-refractivity contribution in [2.24, 2.45) is 5.73 Å². The van der Waals surface area contributed by atoms with Crippen molar-refractivity contribution in [3.63, 3.8) is 0 Å². The normalized spacial score (nSPS) is 11.8. The van der Waals surface area contributed by atoms with Crippen LogP contribution in [0.15, 0.2) is 6.07 Å². The van der Waals surface area contributed by atoms with Crippen LogP contribution in [0.2, 0.25) is 0 Å². The fourth-order valence-electron chi connectivity index (χ4n) is 1.50. The third-order valence-corrected chi connectivity index (χ3v) is 2.32. The van der Waals surface area contributed by atoms with Crippen LogP contribution in [0.5, 0.6) is 0 Å². The first kappa shape index (κ1) is 16.3. The van der Waals surface area contributed by atoms with Crippen LogP contribution in [0.3, 0.4) is 0 Å². The number of halogens is 5. The van der Waals surface area contributed by atoms with Crippen molar-refractivity contribution >= 4 is 5.97 Å². The number of aromatic nitrogens is 1. The van der Waals surface area contributed by atoms with E-state index in [1.807, 2.05) is 0 Å². The van der Waals surface area contributed by atoms with E-state index in [1.54, 1.807) is 0 Å². The van der Waals surface area contributed by atoms with Crippen molar-refractivity contribution in [1.82, 2.24) is 4.98 Å². The summed E-state index contributed by atoms with van der Waals surface area (Å²) in [6.45, 7) is 0.889. The summed E-state index contributed by atoms with van der Waals surface area (Å²) in [4.78, 5) is 14.6. The monoisotopic (exact) mass is 298 g/mol. The fourth-order valence-corrected chi connectivity index (χ4v) is 1.50. The molecule has 0 aliphatic carbocycles. The zero-order valence-corrected chi connectivity index (χ0v) is 10.3.